The number of carbonyl (C=O) groups excluding carboxylic acids is 1. The average molecular weight is 366 g/mol. The van der Waals surface area contributed by atoms with Crippen LogP contribution in [0.2, 0.25) is 0 Å². The van der Waals surface area contributed by atoms with Crippen LogP contribution in [0, 0.1) is 5.92 Å². The molecule has 1 N–H and O–H groups in total. The molecule has 0 saturated carbocycles. The van der Waals surface area contributed by atoms with E-state index in [1.54, 1.807) is 16.2 Å². The number of rotatable bonds is 3. The van der Waals surface area contributed by atoms with Gasteiger partial charge in [-0.2, -0.15) is 0 Å². The second-order valence-corrected chi connectivity index (χ2v) is 7.47. The number of amides is 1. The molecule has 26 heavy (non-hydrogen) atoms. The van der Waals surface area contributed by atoms with Gasteiger partial charge in [0.1, 0.15) is 0 Å². The van der Waals surface area contributed by atoms with Crippen LogP contribution < -0.4 is 0 Å². The molecule has 1 amide bonds. The zero-order chi connectivity index (χ0) is 18.3. The lowest BCUT2D eigenvalue weighted by Gasteiger charge is -2.24. The molecule has 6 heteroatoms. The number of likely N-dealkylation sites (tertiary alicyclic amines) is 1. The van der Waals surface area contributed by atoms with Crippen LogP contribution in [0.15, 0.2) is 47.8 Å². The smallest absolute Gasteiger partial charge is 0.308 e. The molecular weight excluding hydrogens is 348 g/mol. The number of para-hydroxylation sites is 1. The Hall–Kier alpha value is -2.73. The van der Waals surface area contributed by atoms with Gasteiger partial charge < -0.3 is 10.0 Å². The highest BCUT2D eigenvalue weighted by molar-refractivity contribution is 7.13. The maximum absolute atomic E-state index is 13.3. The highest BCUT2D eigenvalue weighted by atomic mass is 32.1. The van der Waals surface area contributed by atoms with Crippen molar-refractivity contribution in [3.05, 3.63) is 53.4 Å². The van der Waals surface area contributed by atoms with Crippen LogP contribution in [0.1, 0.15) is 23.7 Å². The molecule has 0 radical (unpaired) electrons. The normalized spacial score (nSPS) is 19.8. The Labute approximate surface area is 154 Å². The number of aromatic nitrogens is 1. The number of fused-ring (bicyclic) bond motifs is 1. The van der Waals surface area contributed by atoms with Crippen molar-refractivity contribution < 1.29 is 14.7 Å². The van der Waals surface area contributed by atoms with Crippen LogP contribution in [0.25, 0.3) is 21.5 Å². The zero-order valence-corrected chi connectivity index (χ0v) is 15.1. The number of hydrogen-bond donors (Lipinski definition) is 1. The van der Waals surface area contributed by atoms with Crippen molar-refractivity contribution in [1.82, 2.24) is 9.88 Å². The summed E-state index contributed by atoms with van der Waals surface area (Å²) in [5.74, 6) is -1.48. The fourth-order valence-corrected chi connectivity index (χ4v) is 4.30. The third-order valence-electron chi connectivity index (χ3n) is 5.05. The van der Waals surface area contributed by atoms with E-state index in [9.17, 15) is 14.7 Å². The maximum atomic E-state index is 13.3. The van der Waals surface area contributed by atoms with Gasteiger partial charge in [-0.1, -0.05) is 24.3 Å². The minimum atomic E-state index is -0.841. The zero-order valence-electron chi connectivity index (χ0n) is 14.3. The lowest BCUT2D eigenvalue weighted by atomic mass is 10.0. The van der Waals surface area contributed by atoms with Crippen molar-refractivity contribution in [3.8, 4) is 10.6 Å². The van der Waals surface area contributed by atoms with Gasteiger partial charge in [0.2, 0.25) is 0 Å². The lowest BCUT2D eigenvalue weighted by molar-refractivity contribution is -0.142. The Kier molecular flexibility index (Phi) is 4.20. The van der Waals surface area contributed by atoms with Crippen molar-refractivity contribution in [3.63, 3.8) is 0 Å². The molecule has 3 heterocycles. The molecular formula is C20H18N2O3S. The molecule has 4 rings (SSSR count). The van der Waals surface area contributed by atoms with Crippen molar-refractivity contribution in [2.45, 2.75) is 19.4 Å². The molecule has 0 spiro atoms. The van der Waals surface area contributed by atoms with Crippen LogP contribution in [0.5, 0.6) is 0 Å². The number of benzene rings is 1. The van der Waals surface area contributed by atoms with Crippen molar-refractivity contribution in [2.24, 2.45) is 5.92 Å². The monoisotopic (exact) mass is 366 g/mol. The Morgan fingerprint density at radius 3 is 2.73 bits per heavy atom. The fraction of sp³-hybridized carbons (Fsp3) is 0.250. The second kappa shape index (κ2) is 6.53. The maximum Gasteiger partial charge on any atom is 0.308 e. The number of nitrogens with zero attached hydrogens (tertiary/aromatic N) is 2. The highest BCUT2D eigenvalue weighted by Gasteiger charge is 2.38. The summed E-state index contributed by atoms with van der Waals surface area (Å²) in [6, 6.07) is 13.0. The first-order valence-electron chi connectivity index (χ1n) is 8.53. The topological polar surface area (TPSA) is 70.5 Å². The fourth-order valence-electron chi connectivity index (χ4n) is 3.61. The van der Waals surface area contributed by atoms with Crippen molar-refractivity contribution in [2.75, 3.05) is 6.54 Å². The summed E-state index contributed by atoms with van der Waals surface area (Å²) in [4.78, 5) is 32.0. The Morgan fingerprint density at radius 1 is 1.23 bits per heavy atom. The van der Waals surface area contributed by atoms with Crippen LogP contribution in [0.3, 0.4) is 0 Å². The highest BCUT2D eigenvalue weighted by Crippen LogP contribution is 2.31. The number of carboxylic acids is 1. The molecule has 2 aromatic heterocycles. The standard InChI is InChI=1S/C20H18N2O3S/c1-12-13(20(24)25)8-9-22(12)19(23)15-11-17(18-7-4-10-26-18)21-16-6-3-2-5-14(15)16/h2-7,10-13H,8-9H2,1H3,(H,24,25). The predicted octanol–water partition coefficient (Wildman–Crippen LogP) is 3.90. The second-order valence-electron chi connectivity index (χ2n) is 6.52. The first-order valence-corrected chi connectivity index (χ1v) is 9.41. The molecule has 1 aliphatic heterocycles. The summed E-state index contributed by atoms with van der Waals surface area (Å²) in [6.45, 7) is 2.27. The van der Waals surface area contributed by atoms with Crippen LogP contribution in [0.4, 0.5) is 0 Å². The Morgan fingerprint density at radius 2 is 2.04 bits per heavy atom. The largest absolute Gasteiger partial charge is 0.481 e. The number of thiophene rings is 1. The number of hydrogen-bond acceptors (Lipinski definition) is 4. The summed E-state index contributed by atoms with van der Waals surface area (Å²) in [7, 11) is 0. The summed E-state index contributed by atoms with van der Waals surface area (Å²) < 4.78 is 0. The predicted molar refractivity (Wildman–Crippen MR) is 101 cm³/mol. The first kappa shape index (κ1) is 16.7. The molecule has 2 atom stereocenters. The van der Waals surface area contributed by atoms with Gasteiger partial charge >= 0.3 is 5.97 Å². The third kappa shape index (κ3) is 2.76. The molecule has 1 fully saturated rings. The van der Waals surface area contributed by atoms with E-state index in [4.69, 9.17) is 4.98 Å². The number of carbonyl (C=O) groups is 2. The van der Waals surface area contributed by atoms with Gasteiger partial charge in [-0.05, 0) is 36.9 Å². The molecule has 1 saturated heterocycles. The van der Waals surface area contributed by atoms with E-state index in [-0.39, 0.29) is 11.9 Å². The summed E-state index contributed by atoms with van der Waals surface area (Å²) in [5, 5.41) is 12.1. The lowest BCUT2D eigenvalue weighted by Crippen LogP contribution is -2.37. The van der Waals surface area contributed by atoms with Crippen molar-refractivity contribution in [1.29, 1.82) is 0 Å². The molecule has 1 aliphatic rings. The molecule has 1 aromatic carbocycles. The van der Waals surface area contributed by atoms with Gasteiger partial charge in [0.25, 0.3) is 5.91 Å². The summed E-state index contributed by atoms with van der Waals surface area (Å²) >= 11 is 1.58. The minimum Gasteiger partial charge on any atom is -0.481 e. The van der Waals surface area contributed by atoms with E-state index in [0.717, 1.165) is 21.5 Å². The van der Waals surface area contributed by atoms with E-state index in [0.29, 0.717) is 18.5 Å². The van der Waals surface area contributed by atoms with Gasteiger partial charge in [0.15, 0.2) is 0 Å². The van der Waals surface area contributed by atoms with Crippen LogP contribution in [-0.4, -0.2) is 39.5 Å². The third-order valence-corrected chi connectivity index (χ3v) is 5.95. The molecule has 132 valence electrons. The number of pyridine rings is 1. The molecule has 5 nitrogen and oxygen atoms in total. The van der Waals surface area contributed by atoms with Gasteiger partial charge in [0.05, 0.1) is 27.6 Å². The molecule has 3 aromatic rings. The van der Waals surface area contributed by atoms with Gasteiger partial charge in [-0.3, -0.25) is 9.59 Å². The molecule has 0 bridgehead atoms. The SMILES string of the molecule is CC1C(C(=O)O)CCN1C(=O)c1cc(-c2cccs2)nc2ccccc12. The van der Waals surface area contributed by atoms with Gasteiger partial charge in [0, 0.05) is 18.0 Å². The van der Waals surface area contributed by atoms with E-state index < -0.39 is 11.9 Å². The Balaban J connectivity index is 1.80. The summed E-state index contributed by atoms with van der Waals surface area (Å²) in [6.07, 6.45) is 0.489. The van der Waals surface area contributed by atoms with Gasteiger partial charge in [-0.25, -0.2) is 4.98 Å². The van der Waals surface area contributed by atoms with Gasteiger partial charge in [-0.15, -0.1) is 11.3 Å². The van der Waals surface area contributed by atoms with Crippen LogP contribution in [-0.2, 0) is 4.79 Å². The minimum absolute atomic E-state index is 0.127. The van der Waals surface area contributed by atoms with E-state index in [2.05, 4.69) is 0 Å². The number of aliphatic carboxylic acids is 1. The summed E-state index contributed by atoms with van der Waals surface area (Å²) in [5.41, 5.74) is 2.11. The Bertz CT molecular complexity index is 984. The molecule has 2 unspecified atom stereocenters. The number of carboxylic acid groups (broad SMARTS) is 1. The van der Waals surface area contributed by atoms with E-state index in [1.807, 2.05) is 54.8 Å². The van der Waals surface area contributed by atoms with E-state index in [1.165, 1.54) is 0 Å². The van der Waals surface area contributed by atoms with Crippen LogP contribution >= 0.6 is 11.3 Å². The average Bonchev–Trinajstić information content (AvgIpc) is 3.30. The van der Waals surface area contributed by atoms with Crippen molar-refractivity contribution >= 4 is 34.1 Å². The first-order chi connectivity index (χ1) is 12.6. The van der Waals surface area contributed by atoms with E-state index >= 15 is 0 Å². The quantitative estimate of drug-likeness (QED) is 0.763. The molecule has 0 aliphatic carbocycles.